The molecule has 0 saturated carbocycles. The van der Waals surface area contributed by atoms with Crippen LogP contribution < -0.4 is 0 Å². The maximum atomic E-state index is 11.7. The third-order valence-corrected chi connectivity index (χ3v) is 3.11. The quantitative estimate of drug-likeness (QED) is 0.561. The van der Waals surface area contributed by atoms with Crippen LogP contribution in [0.15, 0.2) is 42.5 Å². The number of ether oxygens (including phenoxy) is 1. The van der Waals surface area contributed by atoms with E-state index in [0.717, 1.165) is 12.8 Å². The van der Waals surface area contributed by atoms with E-state index in [1.54, 1.807) is 0 Å². The van der Waals surface area contributed by atoms with Crippen LogP contribution in [0.2, 0.25) is 0 Å². The maximum absolute atomic E-state index is 11.7. The van der Waals surface area contributed by atoms with E-state index >= 15 is 0 Å². The third-order valence-electron chi connectivity index (χ3n) is 3.11. The SMILES string of the molecule is COC(=O)[C@@H]1CCC=C[C@@H]1c1ccccc1. The molecule has 84 valence electrons. The Kier molecular flexibility index (Phi) is 3.40. The summed E-state index contributed by atoms with van der Waals surface area (Å²) >= 11 is 0. The number of carbonyl (C=O) groups excluding carboxylic acids is 1. The molecular weight excluding hydrogens is 200 g/mol. The van der Waals surface area contributed by atoms with Crippen LogP contribution >= 0.6 is 0 Å². The minimum absolute atomic E-state index is 0.0302. The number of hydrogen-bond acceptors (Lipinski definition) is 2. The average molecular weight is 216 g/mol. The van der Waals surface area contributed by atoms with Crippen LogP contribution in [0.3, 0.4) is 0 Å². The van der Waals surface area contributed by atoms with Gasteiger partial charge in [0.2, 0.25) is 0 Å². The molecule has 1 aliphatic rings. The van der Waals surface area contributed by atoms with E-state index in [0.29, 0.717) is 0 Å². The zero-order valence-corrected chi connectivity index (χ0v) is 9.43. The Hall–Kier alpha value is -1.57. The summed E-state index contributed by atoms with van der Waals surface area (Å²) in [5.41, 5.74) is 1.19. The van der Waals surface area contributed by atoms with Gasteiger partial charge >= 0.3 is 5.97 Å². The first-order valence-corrected chi connectivity index (χ1v) is 5.62. The zero-order valence-electron chi connectivity index (χ0n) is 9.43. The van der Waals surface area contributed by atoms with E-state index in [4.69, 9.17) is 4.74 Å². The van der Waals surface area contributed by atoms with Gasteiger partial charge in [-0.15, -0.1) is 0 Å². The second-order valence-electron chi connectivity index (χ2n) is 4.07. The van der Waals surface area contributed by atoms with Crippen molar-refractivity contribution >= 4 is 5.97 Å². The van der Waals surface area contributed by atoms with Crippen LogP contribution in [-0.2, 0) is 9.53 Å². The van der Waals surface area contributed by atoms with Gasteiger partial charge < -0.3 is 4.74 Å². The Morgan fingerprint density at radius 2 is 2.06 bits per heavy atom. The first-order valence-electron chi connectivity index (χ1n) is 5.62. The van der Waals surface area contributed by atoms with Gasteiger partial charge in [-0.25, -0.2) is 0 Å². The molecule has 0 aliphatic heterocycles. The van der Waals surface area contributed by atoms with Crippen LogP contribution in [0.5, 0.6) is 0 Å². The molecule has 0 unspecified atom stereocenters. The number of rotatable bonds is 2. The van der Waals surface area contributed by atoms with E-state index in [1.807, 2.05) is 18.2 Å². The Morgan fingerprint density at radius 1 is 1.31 bits per heavy atom. The molecule has 0 heterocycles. The van der Waals surface area contributed by atoms with Crippen molar-refractivity contribution in [1.29, 1.82) is 0 Å². The second kappa shape index (κ2) is 4.97. The van der Waals surface area contributed by atoms with Gasteiger partial charge in [-0.1, -0.05) is 42.5 Å². The lowest BCUT2D eigenvalue weighted by Crippen LogP contribution is -2.24. The fraction of sp³-hybridized carbons (Fsp3) is 0.357. The number of methoxy groups -OCH3 is 1. The smallest absolute Gasteiger partial charge is 0.309 e. The Morgan fingerprint density at radius 3 is 2.75 bits per heavy atom. The molecule has 2 rings (SSSR count). The summed E-state index contributed by atoms with van der Waals surface area (Å²) in [6.45, 7) is 0. The van der Waals surface area contributed by atoms with Gasteiger partial charge in [0.25, 0.3) is 0 Å². The summed E-state index contributed by atoms with van der Waals surface area (Å²) in [5, 5.41) is 0. The van der Waals surface area contributed by atoms with Gasteiger partial charge in [0, 0.05) is 5.92 Å². The number of carbonyl (C=O) groups is 1. The minimum atomic E-state index is -0.0989. The number of benzene rings is 1. The molecule has 0 fully saturated rings. The van der Waals surface area contributed by atoms with Crippen molar-refractivity contribution < 1.29 is 9.53 Å². The van der Waals surface area contributed by atoms with E-state index in [1.165, 1.54) is 12.7 Å². The standard InChI is InChI=1S/C14H16O2/c1-16-14(15)13-10-6-5-9-12(13)11-7-3-2-4-8-11/h2-5,7-9,12-13H,6,10H2,1H3/t12-,13-/m1/s1. The van der Waals surface area contributed by atoms with Crippen LogP contribution in [-0.4, -0.2) is 13.1 Å². The molecule has 16 heavy (non-hydrogen) atoms. The number of esters is 1. The molecule has 2 heteroatoms. The molecular formula is C14H16O2. The summed E-state index contributed by atoms with van der Waals surface area (Å²) in [6, 6.07) is 10.1. The summed E-state index contributed by atoms with van der Waals surface area (Å²) in [6.07, 6.45) is 6.11. The van der Waals surface area contributed by atoms with Gasteiger partial charge in [-0.3, -0.25) is 4.79 Å². The van der Waals surface area contributed by atoms with Crippen LogP contribution in [0.25, 0.3) is 0 Å². The zero-order chi connectivity index (χ0) is 11.4. The molecule has 0 bridgehead atoms. The predicted molar refractivity (Wildman–Crippen MR) is 63.1 cm³/mol. The molecule has 1 aromatic carbocycles. The molecule has 1 aliphatic carbocycles. The molecule has 0 aromatic heterocycles. The average Bonchev–Trinajstić information content (AvgIpc) is 2.39. The van der Waals surface area contributed by atoms with Gasteiger partial charge in [0.1, 0.15) is 0 Å². The van der Waals surface area contributed by atoms with Crippen molar-refractivity contribution in [3.05, 3.63) is 48.0 Å². The molecule has 1 aromatic rings. The van der Waals surface area contributed by atoms with E-state index in [2.05, 4.69) is 24.3 Å². The number of allylic oxidation sites excluding steroid dienone is 2. The molecule has 2 atom stereocenters. The normalized spacial score (nSPS) is 24.1. The van der Waals surface area contributed by atoms with Crippen molar-refractivity contribution in [2.24, 2.45) is 5.92 Å². The van der Waals surface area contributed by atoms with Gasteiger partial charge in [-0.05, 0) is 18.4 Å². The first-order chi connectivity index (χ1) is 7.83. The lowest BCUT2D eigenvalue weighted by Gasteiger charge is -2.25. The lowest BCUT2D eigenvalue weighted by molar-refractivity contribution is -0.146. The van der Waals surface area contributed by atoms with E-state index < -0.39 is 0 Å². The molecule has 0 amide bonds. The molecule has 0 radical (unpaired) electrons. The van der Waals surface area contributed by atoms with Gasteiger partial charge in [0.05, 0.1) is 13.0 Å². The van der Waals surface area contributed by atoms with Crippen molar-refractivity contribution in [2.75, 3.05) is 7.11 Å². The fourth-order valence-corrected chi connectivity index (χ4v) is 2.27. The lowest BCUT2D eigenvalue weighted by atomic mass is 9.79. The van der Waals surface area contributed by atoms with Gasteiger partial charge in [0.15, 0.2) is 0 Å². The Balaban J connectivity index is 2.26. The summed E-state index contributed by atoms with van der Waals surface area (Å²) in [5.74, 6) is 0.0398. The van der Waals surface area contributed by atoms with Gasteiger partial charge in [-0.2, -0.15) is 0 Å². The molecule has 0 N–H and O–H groups in total. The second-order valence-corrected chi connectivity index (χ2v) is 4.07. The monoisotopic (exact) mass is 216 g/mol. The summed E-state index contributed by atoms with van der Waals surface area (Å²) in [7, 11) is 1.46. The fourth-order valence-electron chi connectivity index (χ4n) is 2.27. The van der Waals surface area contributed by atoms with E-state index in [9.17, 15) is 4.79 Å². The maximum Gasteiger partial charge on any atom is 0.309 e. The minimum Gasteiger partial charge on any atom is -0.469 e. The van der Waals surface area contributed by atoms with Crippen molar-refractivity contribution in [2.45, 2.75) is 18.8 Å². The Labute approximate surface area is 95.9 Å². The molecule has 0 saturated heterocycles. The summed E-state index contributed by atoms with van der Waals surface area (Å²) < 4.78 is 4.87. The largest absolute Gasteiger partial charge is 0.469 e. The van der Waals surface area contributed by atoms with Crippen molar-refractivity contribution in [3.63, 3.8) is 0 Å². The summed E-state index contributed by atoms with van der Waals surface area (Å²) in [4.78, 5) is 11.7. The van der Waals surface area contributed by atoms with Crippen LogP contribution in [0.4, 0.5) is 0 Å². The highest BCUT2D eigenvalue weighted by molar-refractivity contribution is 5.74. The highest BCUT2D eigenvalue weighted by atomic mass is 16.5. The van der Waals surface area contributed by atoms with E-state index in [-0.39, 0.29) is 17.8 Å². The van der Waals surface area contributed by atoms with Crippen LogP contribution in [0, 0.1) is 5.92 Å². The highest BCUT2D eigenvalue weighted by Crippen LogP contribution is 2.33. The Bertz CT molecular complexity index is 381. The molecule has 0 spiro atoms. The molecule has 2 nitrogen and oxygen atoms in total. The van der Waals surface area contributed by atoms with Crippen LogP contribution in [0.1, 0.15) is 24.3 Å². The van der Waals surface area contributed by atoms with Crippen molar-refractivity contribution in [3.8, 4) is 0 Å². The van der Waals surface area contributed by atoms with Crippen molar-refractivity contribution in [1.82, 2.24) is 0 Å². The third kappa shape index (κ3) is 2.16. The first kappa shape index (κ1) is 10.9. The highest BCUT2D eigenvalue weighted by Gasteiger charge is 2.29. The predicted octanol–water partition coefficient (Wildman–Crippen LogP) is 2.91. The topological polar surface area (TPSA) is 26.3 Å². The number of hydrogen-bond donors (Lipinski definition) is 0.